The predicted octanol–water partition coefficient (Wildman–Crippen LogP) is 2.23. The number of benzene rings is 1. The van der Waals surface area contributed by atoms with Crippen molar-refractivity contribution in [1.29, 1.82) is 0 Å². The number of hydrogen-bond donors (Lipinski definition) is 3. The van der Waals surface area contributed by atoms with E-state index >= 15 is 0 Å². The second-order valence-corrected chi connectivity index (χ2v) is 5.03. The highest BCUT2D eigenvalue weighted by Gasteiger charge is 2.09. The summed E-state index contributed by atoms with van der Waals surface area (Å²) in [4.78, 5) is 32.9. The number of carboxylic acids is 1. The number of rotatable bonds is 6. The van der Waals surface area contributed by atoms with Gasteiger partial charge in [0.05, 0.1) is 6.42 Å². The van der Waals surface area contributed by atoms with Crippen molar-refractivity contribution in [2.45, 2.75) is 19.3 Å². The van der Waals surface area contributed by atoms with E-state index in [-0.39, 0.29) is 19.4 Å². The molecule has 1 aromatic carbocycles. The van der Waals surface area contributed by atoms with Crippen molar-refractivity contribution in [2.24, 2.45) is 0 Å². The fraction of sp³-hybridized carbons (Fsp3) is 0.308. The largest absolute Gasteiger partial charge is 0.481 e. The van der Waals surface area contributed by atoms with Crippen molar-refractivity contribution in [3.05, 3.63) is 33.8 Å². The molecule has 1 aromatic rings. The lowest BCUT2D eigenvalue weighted by Gasteiger charge is -2.07. The molecule has 3 amide bonds. The zero-order valence-electron chi connectivity index (χ0n) is 11.0. The molecule has 114 valence electrons. The Morgan fingerprint density at radius 3 is 2.48 bits per heavy atom. The normalized spacial score (nSPS) is 10.0. The Bertz CT molecular complexity index is 549. The van der Waals surface area contributed by atoms with Gasteiger partial charge in [-0.1, -0.05) is 29.3 Å². The Kier molecular flexibility index (Phi) is 6.98. The molecule has 0 heterocycles. The summed E-state index contributed by atoms with van der Waals surface area (Å²) < 4.78 is 0. The average molecular weight is 333 g/mol. The van der Waals surface area contributed by atoms with E-state index in [0.717, 1.165) is 5.56 Å². The first-order valence-electron chi connectivity index (χ1n) is 6.12. The number of urea groups is 1. The fourth-order valence-electron chi connectivity index (χ4n) is 1.49. The number of nitrogens with one attached hydrogen (secondary N) is 2. The van der Waals surface area contributed by atoms with Crippen molar-refractivity contribution < 1.29 is 19.5 Å². The standard InChI is InChI=1S/C13H14Cl2N2O4/c14-9-2-1-8(10(15)7-9)5-6-16-13(21)17-11(18)3-4-12(19)20/h1-2,7H,3-6H2,(H,19,20)(H2,16,17,18,21). The van der Waals surface area contributed by atoms with Crippen molar-refractivity contribution >= 4 is 41.1 Å². The molecule has 0 bridgehead atoms. The molecule has 0 fully saturated rings. The van der Waals surface area contributed by atoms with Crippen LogP contribution in [0.25, 0.3) is 0 Å². The Morgan fingerprint density at radius 1 is 1.14 bits per heavy atom. The van der Waals surface area contributed by atoms with Crippen molar-refractivity contribution in [2.75, 3.05) is 6.54 Å². The van der Waals surface area contributed by atoms with Crippen LogP contribution in [0, 0.1) is 0 Å². The van der Waals surface area contributed by atoms with Gasteiger partial charge < -0.3 is 10.4 Å². The second kappa shape index (κ2) is 8.49. The third kappa shape index (κ3) is 6.97. The molecular formula is C13H14Cl2N2O4. The molecule has 0 radical (unpaired) electrons. The highest BCUT2D eigenvalue weighted by Crippen LogP contribution is 2.20. The molecule has 0 saturated carbocycles. The third-order valence-electron chi connectivity index (χ3n) is 2.51. The summed E-state index contributed by atoms with van der Waals surface area (Å²) in [6.45, 7) is 0.277. The number of imide groups is 1. The molecule has 0 aliphatic rings. The topological polar surface area (TPSA) is 95.5 Å². The number of carbonyl (C=O) groups is 3. The molecule has 0 aliphatic carbocycles. The minimum absolute atomic E-state index is 0.244. The van der Waals surface area contributed by atoms with Gasteiger partial charge in [-0.25, -0.2) is 4.79 Å². The van der Waals surface area contributed by atoms with E-state index in [1.54, 1.807) is 18.2 Å². The highest BCUT2D eigenvalue weighted by molar-refractivity contribution is 6.35. The van der Waals surface area contributed by atoms with Crippen LogP contribution in [0.2, 0.25) is 10.0 Å². The number of carbonyl (C=O) groups excluding carboxylic acids is 2. The molecule has 6 nitrogen and oxygen atoms in total. The molecule has 0 aromatic heterocycles. The molecular weight excluding hydrogens is 319 g/mol. The minimum atomic E-state index is -1.09. The lowest BCUT2D eigenvalue weighted by atomic mass is 10.1. The lowest BCUT2D eigenvalue weighted by molar-refractivity contribution is -0.138. The van der Waals surface area contributed by atoms with Gasteiger partial charge in [0.25, 0.3) is 0 Å². The van der Waals surface area contributed by atoms with Gasteiger partial charge in [-0.3, -0.25) is 14.9 Å². The third-order valence-corrected chi connectivity index (χ3v) is 3.10. The van der Waals surface area contributed by atoms with Gasteiger partial charge in [-0.2, -0.15) is 0 Å². The molecule has 0 saturated heterocycles. The van der Waals surface area contributed by atoms with Crippen LogP contribution in [0.3, 0.4) is 0 Å². The van der Waals surface area contributed by atoms with Crippen LogP contribution in [0.4, 0.5) is 4.79 Å². The number of amides is 3. The zero-order valence-corrected chi connectivity index (χ0v) is 12.5. The Morgan fingerprint density at radius 2 is 1.86 bits per heavy atom. The summed E-state index contributed by atoms with van der Waals surface area (Å²) in [5.41, 5.74) is 0.818. The van der Waals surface area contributed by atoms with Crippen LogP contribution in [-0.2, 0) is 16.0 Å². The lowest BCUT2D eigenvalue weighted by Crippen LogP contribution is -2.40. The van der Waals surface area contributed by atoms with Crippen LogP contribution in [0.15, 0.2) is 18.2 Å². The Labute approximate surface area is 131 Å². The van der Waals surface area contributed by atoms with Crippen LogP contribution in [0.5, 0.6) is 0 Å². The summed E-state index contributed by atoms with van der Waals surface area (Å²) in [7, 11) is 0. The van der Waals surface area contributed by atoms with Gasteiger partial charge in [0.15, 0.2) is 0 Å². The van der Waals surface area contributed by atoms with E-state index in [1.165, 1.54) is 0 Å². The van der Waals surface area contributed by atoms with E-state index < -0.39 is 17.9 Å². The molecule has 0 spiro atoms. The zero-order chi connectivity index (χ0) is 15.8. The van der Waals surface area contributed by atoms with E-state index in [4.69, 9.17) is 28.3 Å². The van der Waals surface area contributed by atoms with E-state index in [2.05, 4.69) is 5.32 Å². The summed E-state index contributed by atoms with van der Waals surface area (Å²) >= 11 is 11.7. The van der Waals surface area contributed by atoms with E-state index in [0.29, 0.717) is 16.5 Å². The van der Waals surface area contributed by atoms with Crippen LogP contribution in [-0.4, -0.2) is 29.6 Å². The number of aliphatic carboxylic acids is 1. The van der Waals surface area contributed by atoms with Crippen molar-refractivity contribution in [1.82, 2.24) is 10.6 Å². The smallest absolute Gasteiger partial charge is 0.321 e. The molecule has 8 heteroatoms. The predicted molar refractivity (Wildman–Crippen MR) is 78.6 cm³/mol. The SMILES string of the molecule is O=C(O)CCC(=O)NC(=O)NCCc1ccc(Cl)cc1Cl. The molecule has 21 heavy (non-hydrogen) atoms. The van der Waals surface area contributed by atoms with Crippen LogP contribution < -0.4 is 10.6 Å². The van der Waals surface area contributed by atoms with Crippen molar-refractivity contribution in [3.8, 4) is 0 Å². The quantitative estimate of drug-likeness (QED) is 0.744. The molecule has 0 atom stereocenters. The first-order chi connectivity index (χ1) is 9.88. The monoisotopic (exact) mass is 332 g/mol. The number of carboxylic acid groups (broad SMARTS) is 1. The first kappa shape index (κ1) is 17.3. The fourth-order valence-corrected chi connectivity index (χ4v) is 1.99. The van der Waals surface area contributed by atoms with Gasteiger partial charge in [-0.15, -0.1) is 0 Å². The van der Waals surface area contributed by atoms with Gasteiger partial charge in [0, 0.05) is 23.0 Å². The summed E-state index contributed by atoms with van der Waals surface area (Å²) in [5.74, 6) is -1.73. The van der Waals surface area contributed by atoms with E-state index in [1.807, 2.05) is 5.32 Å². The molecule has 0 unspecified atom stereocenters. The van der Waals surface area contributed by atoms with Gasteiger partial charge in [-0.05, 0) is 24.1 Å². The maximum absolute atomic E-state index is 11.4. The van der Waals surface area contributed by atoms with Crippen LogP contribution in [0.1, 0.15) is 18.4 Å². The second-order valence-electron chi connectivity index (χ2n) is 4.18. The summed E-state index contributed by atoms with van der Waals surface area (Å²) in [5, 5.41) is 14.0. The molecule has 3 N–H and O–H groups in total. The maximum atomic E-state index is 11.4. The number of halogens is 2. The Balaban J connectivity index is 2.30. The van der Waals surface area contributed by atoms with E-state index in [9.17, 15) is 14.4 Å². The molecule has 0 aliphatic heterocycles. The van der Waals surface area contributed by atoms with Gasteiger partial charge in [0.1, 0.15) is 0 Å². The van der Waals surface area contributed by atoms with Gasteiger partial charge in [0.2, 0.25) is 5.91 Å². The van der Waals surface area contributed by atoms with Crippen molar-refractivity contribution in [3.63, 3.8) is 0 Å². The first-order valence-corrected chi connectivity index (χ1v) is 6.87. The average Bonchev–Trinajstić information content (AvgIpc) is 2.39. The summed E-state index contributed by atoms with van der Waals surface area (Å²) in [6.07, 6.45) is -0.0853. The number of hydrogen-bond acceptors (Lipinski definition) is 3. The minimum Gasteiger partial charge on any atom is -0.481 e. The molecule has 1 rings (SSSR count). The van der Waals surface area contributed by atoms with Crippen LogP contribution >= 0.6 is 23.2 Å². The summed E-state index contributed by atoms with van der Waals surface area (Å²) in [6, 6.07) is 4.38. The Hall–Kier alpha value is -1.79. The maximum Gasteiger partial charge on any atom is 0.321 e. The van der Waals surface area contributed by atoms with Gasteiger partial charge >= 0.3 is 12.0 Å². The highest BCUT2D eigenvalue weighted by atomic mass is 35.5.